The molecule has 0 unspecified atom stereocenters. The lowest BCUT2D eigenvalue weighted by Gasteiger charge is -1.83. The molecule has 0 atom stereocenters. The molecule has 19 heavy (non-hydrogen) atoms. The highest BCUT2D eigenvalue weighted by Crippen LogP contribution is 2.16. The molecule has 8 heteroatoms. The van der Waals surface area contributed by atoms with Gasteiger partial charge in [0.2, 0.25) is 11.6 Å². The Balaban J connectivity index is 0.000000117. The van der Waals surface area contributed by atoms with Gasteiger partial charge in [0.25, 0.3) is 0 Å². The lowest BCUT2D eigenvalue weighted by atomic mass is 10.3. The van der Waals surface area contributed by atoms with Crippen LogP contribution in [0.3, 0.4) is 0 Å². The molecule has 0 fully saturated rings. The summed E-state index contributed by atoms with van der Waals surface area (Å²) >= 11 is 0. The maximum atomic E-state index is 3.88. The summed E-state index contributed by atoms with van der Waals surface area (Å²) in [5.74, 6) is 0.829. The standard InChI is InChI=1S/C7H6N2.C4H2N6/c1-2-4-7-6(3-1)5-8-9-7;1-5-3(9-7-1)4-6-2-8-10-4/h1-5H,(H,8,9);1-2H. The number of benzene rings is 1. The maximum absolute atomic E-state index is 3.88. The molecule has 8 nitrogen and oxygen atoms in total. The van der Waals surface area contributed by atoms with Gasteiger partial charge in [-0.15, -0.1) is 20.5 Å². The summed E-state index contributed by atoms with van der Waals surface area (Å²) in [5.41, 5.74) is 1.09. The van der Waals surface area contributed by atoms with Crippen LogP contribution in [0.4, 0.5) is 0 Å². The second kappa shape index (κ2) is 5.08. The van der Waals surface area contributed by atoms with Crippen LogP contribution in [0.2, 0.25) is 0 Å². The smallest absolute Gasteiger partial charge is 0.223 e. The first-order chi connectivity index (χ1) is 9.43. The van der Waals surface area contributed by atoms with E-state index < -0.39 is 0 Å². The summed E-state index contributed by atoms with van der Waals surface area (Å²) in [5, 5.41) is 22.2. The van der Waals surface area contributed by atoms with Crippen molar-refractivity contribution >= 4 is 23.6 Å². The van der Waals surface area contributed by atoms with Gasteiger partial charge < -0.3 is 0 Å². The average molecular weight is 252 g/mol. The highest BCUT2D eigenvalue weighted by molar-refractivity contribution is 5.77. The topological polar surface area (TPSA) is 103 Å². The Hall–Kier alpha value is -3.03. The summed E-state index contributed by atoms with van der Waals surface area (Å²) in [4.78, 5) is 7.54. The molecule has 1 aromatic carbocycles. The summed E-state index contributed by atoms with van der Waals surface area (Å²) in [6, 6.07) is 8.01. The third-order valence-corrected chi connectivity index (χ3v) is 2.32. The molecule has 4 rings (SSSR count). The van der Waals surface area contributed by atoms with Crippen molar-refractivity contribution in [2.45, 2.75) is 0 Å². The minimum Gasteiger partial charge on any atom is -0.278 e. The zero-order valence-electron chi connectivity index (χ0n) is 9.67. The predicted molar refractivity (Wildman–Crippen MR) is 69.8 cm³/mol. The molecule has 2 aromatic rings. The van der Waals surface area contributed by atoms with Gasteiger partial charge in [0.05, 0.1) is 11.7 Å². The lowest BCUT2D eigenvalue weighted by molar-refractivity contribution is 1.07. The lowest BCUT2D eigenvalue weighted by Crippen LogP contribution is -1.72. The largest absolute Gasteiger partial charge is 0.278 e. The number of nitrogens with zero attached hydrogens (tertiary/aromatic N) is 7. The van der Waals surface area contributed by atoms with E-state index in [4.69, 9.17) is 0 Å². The van der Waals surface area contributed by atoms with Gasteiger partial charge in [-0.05, 0) is 6.07 Å². The predicted octanol–water partition coefficient (Wildman–Crippen LogP) is 2.66. The molecule has 1 N–H and O–H groups in total. The summed E-state index contributed by atoms with van der Waals surface area (Å²) in [7, 11) is 0. The number of rotatable bonds is 0. The van der Waals surface area contributed by atoms with Crippen molar-refractivity contribution in [3.63, 3.8) is 0 Å². The first kappa shape index (κ1) is 11.1. The Kier molecular flexibility index (Phi) is 2.97. The van der Waals surface area contributed by atoms with E-state index in [0.717, 1.165) is 10.9 Å². The third-order valence-electron chi connectivity index (χ3n) is 2.32. The monoisotopic (exact) mass is 252 g/mol. The van der Waals surface area contributed by atoms with Crippen LogP contribution in [0.25, 0.3) is 10.9 Å². The summed E-state index contributed by atoms with van der Waals surface area (Å²) in [6.07, 6.45) is 4.49. The molecule has 0 saturated heterocycles. The van der Waals surface area contributed by atoms with Crippen LogP contribution >= 0.6 is 0 Å². The molecule has 0 spiro atoms. The first-order valence-corrected chi connectivity index (χ1v) is 5.43. The Labute approximate surface area is 107 Å². The van der Waals surface area contributed by atoms with E-state index in [1.807, 2.05) is 30.5 Å². The number of H-pyrrole nitrogens is 1. The van der Waals surface area contributed by atoms with Gasteiger partial charge in [-0.1, -0.05) is 18.2 Å². The average Bonchev–Trinajstić information content (AvgIpc) is 3.20. The van der Waals surface area contributed by atoms with Crippen molar-refractivity contribution in [1.82, 2.24) is 10.2 Å². The van der Waals surface area contributed by atoms with Crippen molar-refractivity contribution in [1.29, 1.82) is 0 Å². The van der Waals surface area contributed by atoms with Gasteiger partial charge in [0, 0.05) is 5.39 Å². The molecule has 1 aromatic heterocycles. The van der Waals surface area contributed by atoms with Crippen LogP contribution < -0.4 is 0 Å². The SMILES string of the molecule is C1=NC(=C2N=CN=N2)N=N1.c1ccc2[nH]ncc2c1. The van der Waals surface area contributed by atoms with Crippen molar-refractivity contribution in [2.75, 3.05) is 0 Å². The Morgan fingerprint density at radius 3 is 2.11 bits per heavy atom. The van der Waals surface area contributed by atoms with Gasteiger partial charge >= 0.3 is 0 Å². The van der Waals surface area contributed by atoms with E-state index in [0.29, 0.717) is 11.6 Å². The minimum atomic E-state index is 0.414. The van der Waals surface area contributed by atoms with Crippen LogP contribution in [0, 0.1) is 0 Å². The van der Waals surface area contributed by atoms with Crippen molar-refractivity contribution < 1.29 is 0 Å². The Morgan fingerprint density at radius 2 is 1.53 bits per heavy atom. The van der Waals surface area contributed by atoms with Gasteiger partial charge in [-0.25, -0.2) is 9.98 Å². The van der Waals surface area contributed by atoms with E-state index in [2.05, 4.69) is 40.6 Å². The number of aromatic nitrogens is 2. The van der Waals surface area contributed by atoms with E-state index in [1.165, 1.54) is 12.7 Å². The molecule has 3 heterocycles. The second-order valence-electron chi connectivity index (χ2n) is 3.52. The second-order valence-corrected chi connectivity index (χ2v) is 3.52. The fourth-order valence-electron chi connectivity index (χ4n) is 1.46. The zero-order chi connectivity index (χ0) is 12.9. The normalized spacial score (nSPS) is 19.2. The third kappa shape index (κ3) is 2.46. The number of para-hydroxylation sites is 1. The molecule has 92 valence electrons. The molecule has 0 amide bonds. The number of fused-ring (bicyclic) bond motifs is 1. The van der Waals surface area contributed by atoms with Crippen LogP contribution in [0.5, 0.6) is 0 Å². The van der Waals surface area contributed by atoms with Gasteiger partial charge in [0.15, 0.2) is 0 Å². The molecule has 2 aliphatic heterocycles. The molecule has 0 bridgehead atoms. The number of nitrogens with one attached hydrogen (secondary N) is 1. The Bertz CT molecular complexity index is 646. The molecular formula is C11H8N8. The number of hydrogen-bond donors (Lipinski definition) is 1. The minimum absolute atomic E-state index is 0.414. The van der Waals surface area contributed by atoms with Crippen LogP contribution in [0.1, 0.15) is 0 Å². The molecule has 0 radical (unpaired) electrons. The number of aromatic amines is 1. The summed E-state index contributed by atoms with van der Waals surface area (Å²) < 4.78 is 0. The first-order valence-electron chi connectivity index (χ1n) is 5.43. The molecule has 2 aliphatic rings. The van der Waals surface area contributed by atoms with Crippen molar-refractivity contribution in [2.24, 2.45) is 30.4 Å². The highest BCUT2D eigenvalue weighted by atomic mass is 15.3. The zero-order valence-corrected chi connectivity index (χ0v) is 9.67. The van der Waals surface area contributed by atoms with Crippen LogP contribution in [-0.2, 0) is 0 Å². The maximum Gasteiger partial charge on any atom is 0.223 e. The van der Waals surface area contributed by atoms with Gasteiger partial charge in [0.1, 0.15) is 12.7 Å². The van der Waals surface area contributed by atoms with Gasteiger partial charge in [-0.2, -0.15) is 5.10 Å². The highest BCUT2D eigenvalue weighted by Gasteiger charge is 2.07. The number of azo groups is 2. The Morgan fingerprint density at radius 1 is 0.842 bits per heavy atom. The van der Waals surface area contributed by atoms with Crippen LogP contribution in [-0.4, -0.2) is 22.9 Å². The molecular weight excluding hydrogens is 244 g/mol. The quantitative estimate of drug-likeness (QED) is 0.765. The van der Waals surface area contributed by atoms with E-state index in [9.17, 15) is 0 Å². The molecule has 0 aliphatic carbocycles. The van der Waals surface area contributed by atoms with Crippen LogP contribution in [0.15, 0.2) is 72.5 Å². The summed E-state index contributed by atoms with van der Waals surface area (Å²) in [6.45, 7) is 0. The van der Waals surface area contributed by atoms with E-state index in [1.54, 1.807) is 0 Å². The fourth-order valence-corrected chi connectivity index (χ4v) is 1.46. The van der Waals surface area contributed by atoms with Crippen molar-refractivity contribution in [3.05, 3.63) is 42.1 Å². The number of hydrogen-bond acceptors (Lipinski definition) is 7. The van der Waals surface area contributed by atoms with Gasteiger partial charge in [-0.3, -0.25) is 5.10 Å². The van der Waals surface area contributed by atoms with E-state index >= 15 is 0 Å². The fraction of sp³-hybridized carbons (Fsp3) is 0. The van der Waals surface area contributed by atoms with E-state index in [-0.39, 0.29) is 0 Å². The number of aliphatic imine (C=N–C) groups is 2. The van der Waals surface area contributed by atoms with Crippen molar-refractivity contribution in [3.8, 4) is 0 Å². The molecule has 0 saturated carbocycles.